The van der Waals surface area contributed by atoms with Gasteiger partial charge in [-0.2, -0.15) is 4.98 Å². The Bertz CT molecular complexity index is 812. The molecule has 8 nitrogen and oxygen atoms in total. The Hall–Kier alpha value is -2.39. The van der Waals surface area contributed by atoms with E-state index in [9.17, 15) is 20.1 Å². The van der Waals surface area contributed by atoms with Gasteiger partial charge < -0.3 is 25.5 Å². The molecule has 0 bridgehead atoms. The summed E-state index contributed by atoms with van der Waals surface area (Å²) < 4.78 is 0.449. The summed E-state index contributed by atoms with van der Waals surface area (Å²) in [5.41, 5.74) is 1.55. The fraction of sp³-hybridized carbons (Fsp3) is 0.389. The van der Waals surface area contributed by atoms with Gasteiger partial charge in [-0.1, -0.05) is 12.1 Å². The van der Waals surface area contributed by atoms with Gasteiger partial charge in [0.05, 0.1) is 17.3 Å². The lowest BCUT2D eigenvalue weighted by atomic mass is 9.98. The second kappa shape index (κ2) is 8.53. The second-order valence-corrected chi connectivity index (χ2v) is 7.29. The van der Waals surface area contributed by atoms with Crippen LogP contribution in [0.25, 0.3) is 0 Å². The first-order valence-electron chi connectivity index (χ1n) is 8.64. The SMILES string of the molecule is O=C(O)C(CO)c1cccc(N2CCC(Nc3ncc(Br)c(O)n3)CC2)c1. The molecular weight excluding hydrogens is 416 g/mol. The van der Waals surface area contributed by atoms with E-state index in [1.54, 1.807) is 6.07 Å². The normalized spacial score (nSPS) is 16.1. The van der Waals surface area contributed by atoms with E-state index in [0.717, 1.165) is 31.6 Å². The van der Waals surface area contributed by atoms with Gasteiger partial charge in [-0.15, -0.1) is 0 Å². The number of aromatic hydroxyl groups is 1. The van der Waals surface area contributed by atoms with Crippen LogP contribution in [0.4, 0.5) is 11.6 Å². The van der Waals surface area contributed by atoms with Crippen LogP contribution in [-0.4, -0.2) is 57.0 Å². The number of anilines is 2. The van der Waals surface area contributed by atoms with Gasteiger partial charge in [0, 0.05) is 24.8 Å². The second-order valence-electron chi connectivity index (χ2n) is 6.44. The molecule has 9 heteroatoms. The minimum atomic E-state index is -1.03. The number of hydrogen-bond donors (Lipinski definition) is 4. The van der Waals surface area contributed by atoms with E-state index in [0.29, 0.717) is 16.0 Å². The van der Waals surface area contributed by atoms with Gasteiger partial charge in [0.25, 0.3) is 0 Å². The third kappa shape index (κ3) is 4.67. The minimum absolute atomic E-state index is 0.0985. The molecule has 1 aliphatic heterocycles. The first-order valence-corrected chi connectivity index (χ1v) is 9.44. The first-order chi connectivity index (χ1) is 13.0. The standard InChI is InChI=1S/C18H21BrN4O4/c19-15-9-20-18(22-16(15)25)21-12-4-6-23(7-5-12)13-3-1-2-11(8-13)14(10-24)17(26)27/h1-3,8-9,12,14,24H,4-7,10H2,(H,26,27)(H2,20,21,22,25). The molecule has 1 aromatic heterocycles. The Labute approximate surface area is 165 Å². The highest BCUT2D eigenvalue weighted by atomic mass is 79.9. The molecule has 4 N–H and O–H groups in total. The van der Waals surface area contributed by atoms with Crippen LogP contribution in [0.3, 0.4) is 0 Å². The van der Waals surface area contributed by atoms with Gasteiger partial charge in [-0.3, -0.25) is 4.79 Å². The molecule has 27 heavy (non-hydrogen) atoms. The van der Waals surface area contributed by atoms with E-state index in [-0.39, 0.29) is 11.9 Å². The number of nitrogens with one attached hydrogen (secondary N) is 1. The topological polar surface area (TPSA) is 119 Å². The molecule has 144 valence electrons. The van der Waals surface area contributed by atoms with Crippen molar-refractivity contribution in [2.24, 2.45) is 0 Å². The summed E-state index contributed by atoms with van der Waals surface area (Å²) in [6, 6.07) is 7.51. The van der Waals surface area contributed by atoms with Gasteiger partial charge in [0.15, 0.2) is 0 Å². The summed E-state index contributed by atoms with van der Waals surface area (Å²) in [4.78, 5) is 21.6. The predicted octanol–water partition coefficient (Wildman–Crippen LogP) is 2.19. The zero-order valence-electron chi connectivity index (χ0n) is 14.5. The lowest BCUT2D eigenvalue weighted by Crippen LogP contribution is -2.39. The maximum Gasteiger partial charge on any atom is 0.313 e. The fourth-order valence-corrected chi connectivity index (χ4v) is 3.35. The molecule has 0 radical (unpaired) electrons. The average molecular weight is 437 g/mol. The number of nitrogens with zero attached hydrogens (tertiary/aromatic N) is 3. The van der Waals surface area contributed by atoms with Crippen molar-refractivity contribution in [3.05, 3.63) is 40.5 Å². The number of aliphatic hydroxyl groups excluding tert-OH is 1. The van der Waals surface area contributed by atoms with E-state index < -0.39 is 18.5 Å². The highest BCUT2D eigenvalue weighted by Gasteiger charge is 2.23. The summed E-state index contributed by atoms with van der Waals surface area (Å²) >= 11 is 3.16. The Balaban J connectivity index is 1.62. The molecule has 1 unspecified atom stereocenters. The van der Waals surface area contributed by atoms with E-state index >= 15 is 0 Å². The van der Waals surface area contributed by atoms with E-state index in [1.807, 2.05) is 18.2 Å². The summed E-state index contributed by atoms with van der Waals surface area (Å²) in [5, 5.41) is 31.4. The van der Waals surface area contributed by atoms with Crippen LogP contribution in [0, 0.1) is 0 Å². The zero-order valence-corrected chi connectivity index (χ0v) is 16.1. The van der Waals surface area contributed by atoms with Crippen molar-refractivity contribution in [1.29, 1.82) is 0 Å². The quantitative estimate of drug-likeness (QED) is 0.543. The predicted molar refractivity (Wildman–Crippen MR) is 104 cm³/mol. The Morgan fingerprint density at radius 3 is 2.74 bits per heavy atom. The van der Waals surface area contributed by atoms with E-state index in [2.05, 4.69) is 36.1 Å². The molecular formula is C18H21BrN4O4. The van der Waals surface area contributed by atoms with Gasteiger partial charge in [0.2, 0.25) is 11.8 Å². The zero-order chi connectivity index (χ0) is 19.4. The average Bonchev–Trinajstić information content (AvgIpc) is 2.66. The van der Waals surface area contributed by atoms with Gasteiger partial charge >= 0.3 is 5.97 Å². The highest BCUT2D eigenvalue weighted by molar-refractivity contribution is 9.10. The minimum Gasteiger partial charge on any atom is -0.492 e. The number of aliphatic hydroxyl groups is 1. The van der Waals surface area contributed by atoms with E-state index in [1.165, 1.54) is 6.20 Å². The van der Waals surface area contributed by atoms with Crippen LogP contribution in [0.15, 0.2) is 34.9 Å². The smallest absolute Gasteiger partial charge is 0.313 e. The van der Waals surface area contributed by atoms with Crippen LogP contribution in [0.2, 0.25) is 0 Å². The van der Waals surface area contributed by atoms with Crippen molar-refractivity contribution >= 4 is 33.5 Å². The number of aliphatic carboxylic acids is 1. The third-order valence-electron chi connectivity index (χ3n) is 4.67. The maximum atomic E-state index is 11.3. The molecule has 0 spiro atoms. The monoisotopic (exact) mass is 436 g/mol. The first kappa shape index (κ1) is 19.4. The van der Waals surface area contributed by atoms with Gasteiger partial charge in [0.1, 0.15) is 5.92 Å². The van der Waals surface area contributed by atoms with Crippen molar-refractivity contribution in [1.82, 2.24) is 9.97 Å². The van der Waals surface area contributed by atoms with Crippen LogP contribution < -0.4 is 10.2 Å². The molecule has 2 heterocycles. The van der Waals surface area contributed by atoms with Gasteiger partial charge in [-0.05, 0) is 46.5 Å². The number of rotatable bonds is 6. The van der Waals surface area contributed by atoms with Gasteiger partial charge in [-0.25, -0.2) is 4.98 Å². The molecule has 2 aromatic rings. The molecule has 1 aliphatic rings. The number of benzene rings is 1. The van der Waals surface area contributed by atoms with Crippen molar-refractivity contribution < 1.29 is 20.1 Å². The number of piperidine rings is 1. The Morgan fingerprint density at radius 1 is 1.37 bits per heavy atom. The maximum absolute atomic E-state index is 11.3. The molecule has 1 fully saturated rings. The van der Waals surface area contributed by atoms with Crippen LogP contribution in [-0.2, 0) is 4.79 Å². The molecule has 0 aliphatic carbocycles. The number of halogens is 1. The molecule has 1 aromatic carbocycles. The molecule has 0 amide bonds. The Morgan fingerprint density at radius 2 is 2.11 bits per heavy atom. The lowest BCUT2D eigenvalue weighted by molar-refractivity contribution is -0.139. The summed E-state index contributed by atoms with van der Waals surface area (Å²) in [6.45, 7) is 1.16. The fourth-order valence-electron chi connectivity index (χ4n) is 3.16. The number of carbonyl (C=O) groups is 1. The Kier molecular flexibility index (Phi) is 6.12. The van der Waals surface area contributed by atoms with Crippen LogP contribution in [0.5, 0.6) is 5.88 Å². The summed E-state index contributed by atoms with van der Waals surface area (Å²) in [6.07, 6.45) is 3.21. The number of carboxylic acids is 1. The summed E-state index contributed by atoms with van der Waals surface area (Å²) in [7, 11) is 0. The summed E-state index contributed by atoms with van der Waals surface area (Å²) in [5.74, 6) is -1.65. The number of hydrogen-bond acceptors (Lipinski definition) is 7. The van der Waals surface area contributed by atoms with Crippen molar-refractivity contribution in [2.45, 2.75) is 24.8 Å². The van der Waals surface area contributed by atoms with Crippen LogP contribution >= 0.6 is 15.9 Å². The van der Waals surface area contributed by atoms with Crippen molar-refractivity contribution in [3.8, 4) is 5.88 Å². The van der Waals surface area contributed by atoms with Crippen molar-refractivity contribution in [2.75, 3.05) is 29.9 Å². The molecule has 0 saturated carbocycles. The van der Waals surface area contributed by atoms with E-state index in [4.69, 9.17) is 0 Å². The van der Waals surface area contributed by atoms with Crippen LogP contribution in [0.1, 0.15) is 24.3 Å². The molecule has 1 atom stereocenters. The number of aromatic nitrogens is 2. The lowest BCUT2D eigenvalue weighted by Gasteiger charge is -2.34. The largest absolute Gasteiger partial charge is 0.492 e. The highest BCUT2D eigenvalue weighted by Crippen LogP contribution is 2.26. The third-order valence-corrected chi connectivity index (χ3v) is 5.23. The molecule has 1 saturated heterocycles. The number of carboxylic acid groups (broad SMARTS) is 1. The molecule has 3 rings (SSSR count). The van der Waals surface area contributed by atoms with Crippen molar-refractivity contribution in [3.63, 3.8) is 0 Å².